The van der Waals surface area contributed by atoms with Crippen molar-refractivity contribution in [3.63, 3.8) is 0 Å². The molecule has 0 fully saturated rings. The third kappa shape index (κ3) is 29.9. The average molecular weight is 1390 g/mol. The second-order valence-corrected chi connectivity index (χ2v) is 24.1. The summed E-state index contributed by atoms with van der Waals surface area (Å²) in [5, 5.41) is 106. The number of fused-ring (bicyclic) bond motifs is 1. The fraction of sp³-hybridized carbons (Fsp3) is 0.610. The van der Waals surface area contributed by atoms with E-state index in [1.54, 1.807) is 72.0 Å². The lowest BCUT2D eigenvalue weighted by molar-refractivity contribution is -0.143. The Morgan fingerprint density at radius 3 is 1.08 bits per heavy atom. The monoisotopic (exact) mass is 1390 g/mol. The molecule has 548 valence electrons. The molecule has 0 spiro atoms. The number of aromatic amines is 1. The summed E-state index contributed by atoms with van der Waals surface area (Å²) in [5.74, 6) is -14.8. The zero-order chi connectivity index (χ0) is 73.9. The molecule has 0 aliphatic carbocycles. The molecule has 39 nitrogen and oxygen atoms in total. The van der Waals surface area contributed by atoms with E-state index in [1.807, 2.05) is 0 Å². The normalized spacial score (nSPS) is 14.5. The maximum absolute atomic E-state index is 14.4. The molecule has 0 aliphatic rings. The summed E-state index contributed by atoms with van der Waals surface area (Å²) in [4.78, 5) is 155. The highest BCUT2D eigenvalue weighted by Crippen LogP contribution is 2.20. The van der Waals surface area contributed by atoms with Gasteiger partial charge in [0.15, 0.2) is 23.8 Å². The number of aliphatic hydroxyl groups excluding tert-OH is 3. The average Bonchev–Trinajstić information content (AvgIpc) is 1.63. The number of aromatic nitrogens is 1. The number of hydrogen-bond donors (Lipinski definition) is 28. The van der Waals surface area contributed by atoms with Gasteiger partial charge in [0.25, 0.3) is 0 Å². The lowest BCUT2D eigenvalue weighted by Crippen LogP contribution is -2.62. The van der Waals surface area contributed by atoms with Gasteiger partial charge in [-0.25, -0.2) is 4.79 Å². The van der Waals surface area contributed by atoms with Gasteiger partial charge in [-0.15, -0.1) is 0 Å². The minimum atomic E-state index is -1.87. The number of carboxylic acid groups (broad SMARTS) is 1. The Morgan fingerprint density at radius 2 is 0.704 bits per heavy atom. The molecule has 0 unspecified atom stereocenters. The molecular weight excluding hydrogens is 1280 g/mol. The maximum Gasteiger partial charge on any atom is 0.326 e. The molecule has 98 heavy (non-hydrogen) atoms. The second-order valence-electron chi connectivity index (χ2n) is 24.1. The number of carbonyl (C=O) groups is 11. The minimum absolute atomic E-state index is 0.00739. The number of H-pyrrole nitrogens is 1. The van der Waals surface area contributed by atoms with Crippen molar-refractivity contribution in [3.05, 3.63) is 36.0 Å². The molecule has 1 heterocycles. The summed E-state index contributed by atoms with van der Waals surface area (Å²) in [5.41, 5.74) is 28.6. The Labute approximate surface area is 566 Å². The third-order valence-corrected chi connectivity index (χ3v) is 15.1. The fourth-order valence-electron chi connectivity index (χ4n) is 9.62. The van der Waals surface area contributed by atoms with Crippen molar-refractivity contribution >= 4 is 99.8 Å². The Hall–Kier alpha value is -10.1. The molecule has 0 saturated heterocycles. The molecule has 0 radical (unpaired) electrons. The van der Waals surface area contributed by atoms with E-state index in [-0.39, 0.29) is 95.4 Å². The predicted molar refractivity (Wildman–Crippen MR) is 359 cm³/mol. The van der Waals surface area contributed by atoms with E-state index in [1.165, 1.54) is 0 Å². The molecule has 0 saturated carbocycles. The summed E-state index contributed by atoms with van der Waals surface area (Å²) < 4.78 is 0. The van der Waals surface area contributed by atoms with E-state index in [4.69, 9.17) is 50.3 Å². The third-order valence-electron chi connectivity index (χ3n) is 15.1. The van der Waals surface area contributed by atoms with Gasteiger partial charge in [-0.1, -0.05) is 59.7 Å². The van der Waals surface area contributed by atoms with Crippen LogP contribution in [0.25, 0.3) is 10.9 Å². The SMILES string of the molecule is CC(C)[C@H](NC(=O)[C@H](CCCNC(=N)N)NC(=O)[C@H](CO)NC(=O)[C@H](Cc1c[nH]c2ccccc12)NC(=O)[C@H](CO)NC(=O)[C@H](CCCNC(=N)N)NC(=O)[C@@H](NC(=O)[C@@H](NC(=O)[C@H](CCCNC(=N)N)NC(=O)[C@H](CO)NC(=O)[C@@H](N)CCCNC(=N)N)C(C)C)C(C)C)C(=O)O. The number of para-hydroxylation sites is 1. The molecule has 2 rings (SSSR count). The Balaban J connectivity index is 2.48. The number of carboxylic acids is 1. The van der Waals surface area contributed by atoms with Crippen LogP contribution in [0.3, 0.4) is 0 Å². The number of aliphatic hydroxyl groups is 3. The first-order chi connectivity index (χ1) is 46.1. The van der Waals surface area contributed by atoms with Crippen LogP contribution in [0.1, 0.15) is 98.5 Å². The van der Waals surface area contributed by atoms with Gasteiger partial charge in [-0.05, 0) is 80.8 Å². The quantitative estimate of drug-likeness (QED) is 0.0166. The van der Waals surface area contributed by atoms with Crippen molar-refractivity contribution < 1.29 is 73.2 Å². The van der Waals surface area contributed by atoms with Crippen molar-refractivity contribution in [1.29, 1.82) is 21.6 Å². The van der Waals surface area contributed by atoms with Crippen LogP contribution in [-0.2, 0) is 59.2 Å². The number of rotatable bonds is 45. The highest BCUT2D eigenvalue weighted by Gasteiger charge is 2.38. The van der Waals surface area contributed by atoms with Crippen molar-refractivity contribution in [1.82, 2.24) is 79.4 Å². The number of hydrogen-bond acceptors (Lipinski definition) is 19. The largest absolute Gasteiger partial charge is 0.480 e. The molecule has 1 aromatic carbocycles. The molecule has 39 heteroatoms. The number of guanidine groups is 4. The topological polar surface area (TPSA) is 678 Å². The highest BCUT2D eigenvalue weighted by atomic mass is 16.4. The zero-order valence-electron chi connectivity index (χ0n) is 55.9. The van der Waals surface area contributed by atoms with Gasteiger partial charge in [-0.2, -0.15) is 0 Å². The number of carbonyl (C=O) groups excluding carboxylic acids is 10. The maximum atomic E-state index is 14.4. The standard InChI is InChI=1S/C59H102N24O15/c1-28(2)42(82-54(96)43(29(3)4)81-47(89)36(17-11-21-71-58(65)66)74-50(92)39(25-84)78-45(87)33(60)14-9-19-69-56(61)62)53(95)76-35(16-10-20-70-57(63)64)46(88)79-41(27-86)52(94)77-38(23-31-24-73-34-15-8-7-13-32(31)34)49(91)80-40(26-85)51(93)75-37(18-12-22-72-59(67)68)48(90)83-44(30(5)6)55(97)98/h7-8,13,15,24,28-30,33,35-44,73,84-86H,9-12,14,16-23,25-27,60H2,1-6H3,(H,74,92)(H,75,93)(H,76,95)(H,77,94)(H,78,87)(H,79,88)(H,80,91)(H,81,89)(H,82,96)(H,83,90)(H,97,98)(H4,61,62,69)(H4,63,64,70)(H4,65,66,71)(H4,67,68,72)/t33-,35-,36-,37-,38-,39-,40-,41-,42-,43-,44-/m0/s1. The van der Waals surface area contributed by atoms with Crippen LogP contribution in [0, 0.1) is 39.4 Å². The summed E-state index contributed by atoms with van der Waals surface area (Å²) in [7, 11) is 0. The molecule has 0 bridgehead atoms. The molecule has 33 N–H and O–H groups in total. The van der Waals surface area contributed by atoms with Gasteiger partial charge >= 0.3 is 5.97 Å². The summed E-state index contributed by atoms with van der Waals surface area (Å²) in [6.07, 6.45) is 1.39. The van der Waals surface area contributed by atoms with Gasteiger partial charge in [0, 0.05) is 49.7 Å². The van der Waals surface area contributed by atoms with Crippen LogP contribution < -0.4 is 103 Å². The lowest BCUT2D eigenvalue weighted by Gasteiger charge is -2.30. The lowest BCUT2D eigenvalue weighted by atomic mass is 9.98. The van der Waals surface area contributed by atoms with Crippen molar-refractivity contribution in [2.45, 2.75) is 166 Å². The number of benzene rings is 1. The van der Waals surface area contributed by atoms with E-state index < -0.39 is 175 Å². The van der Waals surface area contributed by atoms with Gasteiger partial charge in [0.05, 0.1) is 25.9 Å². The Kier molecular flexibility index (Phi) is 36.9. The number of nitrogens with two attached hydrogens (primary N) is 5. The van der Waals surface area contributed by atoms with Crippen molar-refractivity contribution in [2.75, 3.05) is 46.0 Å². The molecule has 11 atom stereocenters. The Morgan fingerprint density at radius 1 is 0.408 bits per heavy atom. The first-order valence-corrected chi connectivity index (χ1v) is 31.9. The van der Waals surface area contributed by atoms with Crippen molar-refractivity contribution in [3.8, 4) is 0 Å². The minimum Gasteiger partial charge on any atom is -0.480 e. The van der Waals surface area contributed by atoms with Crippen LogP contribution in [0.5, 0.6) is 0 Å². The summed E-state index contributed by atoms with van der Waals surface area (Å²) in [6.45, 7) is 6.57. The molecule has 1 aromatic heterocycles. The first-order valence-electron chi connectivity index (χ1n) is 31.9. The molecular formula is C59H102N24O15. The number of amides is 10. The predicted octanol–water partition coefficient (Wildman–Crippen LogP) is -8.03. The Bertz CT molecular complexity index is 3060. The van der Waals surface area contributed by atoms with E-state index in [0.717, 1.165) is 0 Å². The molecule has 0 aliphatic heterocycles. The van der Waals surface area contributed by atoms with Gasteiger partial charge < -0.3 is 129 Å². The van der Waals surface area contributed by atoms with Crippen LogP contribution in [0.15, 0.2) is 30.5 Å². The zero-order valence-corrected chi connectivity index (χ0v) is 55.9. The number of aliphatic carboxylic acids is 1. The second kappa shape index (κ2) is 43.1. The van der Waals surface area contributed by atoms with Gasteiger partial charge in [0.1, 0.15) is 60.4 Å². The fourth-order valence-corrected chi connectivity index (χ4v) is 9.62. The van der Waals surface area contributed by atoms with Crippen LogP contribution >= 0.6 is 0 Å². The van der Waals surface area contributed by atoms with Crippen LogP contribution in [0.4, 0.5) is 0 Å². The van der Waals surface area contributed by atoms with E-state index in [0.29, 0.717) is 22.9 Å². The summed E-state index contributed by atoms with van der Waals surface area (Å²) >= 11 is 0. The smallest absolute Gasteiger partial charge is 0.326 e. The molecule has 10 amide bonds. The first kappa shape index (κ1) is 83.9. The van der Waals surface area contributed by atoms with E-state index in [9.17, 15) is 73.2 Å². The van der Waals surface area contributed by atoms with Crippen LogP contribution in [-0.4, -0.2) is 227 Å². The van der Waals surface area contributed by atoms with Crippen molar-refractivity contribution in [2.24, 2.45) is 46.4 Å². The van der Waals surface area contributed by atoms with Gasteiger partial charge in [0.2, 0.25) is 59.1 Å². The highest BCUT2D eigenvalue weighted by molar-refractivity contribution is 5.99. The van der Waals surface area contributed by atoms with E-state index in [2.05, 4.69) is 79.4 Å². The van der Waals surface area contributed by atoms with Gasteiger partial charge in [-0.3, -0.25) is 69.6 Å². The number of nitrogens with one attached hydrogen (secondary N) is 19. The van der Waals surface area contributed by atoms with Crippen LogP contribution in [0.2, 0.25) is 0 Å². The molecule has 2 aromatic rings. The summed E-state index contributed by atoms with van der Waals surface area (Å²) in [6, 6.07) is -9.91. The van der Waals surface area contributed by atoms with E-state index >= 15 is 0 Å².